The summed E-state index contributed by atoms with van der Waals surface area (Å²) in [5.74, 6) is 0.332. The highest BCUT2D eigenvalue weighted by molar-refractivity contribution is 6.47. The van der Waals surface area contributed by atoms with Crippen molar-refractivity contribution in [3.63, 3.8) is 0 Å². The summed E-state index contributed by atoms with van der Waals surface area (Å²) < 4.78 is 0. The Balaban J connectivity index is 1.48. The van der Waals surface area contributed by atoms with Crippen LogP contribution < -0.4 is 5.32 Å². The Morgan fingerprint density at radius 1 is 0.400 bits per heavy atom. The van der Waals surface area contributed by atoms with Crippen LogP contribution in [0.25, 0.3) is 5.57 Å². The van der Waals surface area contributed by atoms with Crippen molar-refractivity contribution in [3.8, 4) is 0 Å². The van der Waals surface area contributed by atoms with Crippen LogP contribution in [0.4, 0.5) is 11.4 Å². The minimum absolute atomic E-state index is 0.166. The van der Waals surface area contributed by atoms with Crippen molar-refractivity contribution in [2.75, 3.05) is 5.32 Å². The standard InChI is InChI=1S/C38H14Cl16N/c39-13-1-19(43)31(20(44)2-13)37(32-21(45)3-14(40)4-22(32)46)35-27(51)9-17(10-28(35)52)55-18-11-29(53)36(30(54)12-18)38(33-23(47)5-15(41)6-24(33)48)34-25(49)7-16(42)8-26(34)50/h1-13,55H/q+1. The zero-order valence-electron chi connectivity index (χ0n) is 26.6. The topological polar surface area (TPSA) is 12.0 Å². The summed E-state index contributed by atoms with van der Waals surface area (Å²) in [6, 6.07) is 15.6. The van der Waals surface area contributed by atoms with Crippen LogP contribution in [0.3, 0.4) is 0 Å². The Morgan fingerprint density at radius 2 is 0.673 bits per heavy atom. The van der Waals surface area contributed by atoms with E-state index in [4.69, 9.17) is 186 Å². The average molecular weight is 1050 g/mol. The van der Waals surface area contributed by atoms with E-state index in [0.29, 0.717) is 71.3 Å². The van der Waals surface area contributed by atoms with Gasteiger partial charge in [0, 0.05) is 79.4 Å². The fraction of sp³-hybridized carbons (Fsp3) is 0.0263. The lowest BCUT2D eigenvalue weighted by Gasteiger charge is -2.23. The molecule has 1 nitrogen and oxygen atoms in total. The van der Waals surface area contributed by atoms with E-state index >= 15 is 0 Å². The molecular weight excluding hydrogens is 1040 g/mol. The number of alkyl halides is 1. The van der Waals surface area contributed by atoms with Crippen LogP contribution >= 0.6 is 186 Å². The number of hydrogen-bond donors (Lipinski definition) is 1. The summed E-state index contributed by atoms with van der Waals surface area (Å²) in [6.07, 6.45) is 3.20. The predicted molar refractivity (Wildman–Crippen MR) is 245 cm³/mol. The van der Waals surface area contributed by atoms with Gasteiger partial charge in [0.2, 0.25) is 0 Å². The molecule has 5 aromatic carbocycles. The van der Waals surface area contributed by atoms with Crippen molar-refractivity contribution < 1.29 is 0 Å². The molecule has 1 N–H and O–H groups in total. The molecule has 0 aliphatic heterocycles. The minimum Gasteiger partial charge on any atom is -0.355 e. The summed E-state index contributed by atoms with van der Waals surface area (Å²) in [5, 5.41) is 5.85. The van der Waals surface area contributed by atoms with Gasteiger partial charge in [0.15, 0.2) is 0 Å². The average Bonchev–Trinajstić information content (AvgIpc) is 3.02. The van der Waals surface area contributed by atoms with E-state index in [2.05, 4.69) is 5.32 Å². The van der Waals surface area contributed by atoms with Gasteiger partial charge < -0.3 is 5.32 Å². The maximum Gasteiger partial charge on any atom is 0.0976 e. The molecule has 0 aromatic heterocycles. The summed E-state index contributed by atoms with van der Waals surface area (Å²) in [6.45, 7) is 0. The number of anilines is 2. The van der Waals surface area contributed by atoms with E-state index in [1.165, 1.54) is 36.4 Å². The van der Waals surface area contributed by atoms with Crippen LogP contribution in [-0.2, 0) is 0 Å². The molecule has 282 valence electrons. The molecule has 0 saturated heterocycles. The zero-order chi connectivity index (χ0) is 40.2. The molecule has 17 heteroatoms. The van der Waals surface area contributed by atoms with Gasteiger partial charge in [0.25, 0.3) is 0 Å². The second kappa shape index (κ2) is 18.1. The normalized spacial score (nSPS) is 14.2. The molecule has 55 heavy (non-hydrogen) atoms. The van der Waals surface area contributed by atoms with E-state index in [1.807, 2.05) is 0 Å². The Hall–Kier alpha value is -0.370. The summed E-state index contributed by atoms with van der Waals surface area (Å²) in [5.41, 5.74) is 3.20. The van der Waals surface area contributed by atoms with Crippen molar-refractivity contribution in [1.82, 2.24) is 0 Å². The Bertz CT molecular complexity index is 2310. The number of benzene rings is 5. The van der Waals surface area contributed by atoms with Gasteiger partial charge in [0.1, 0.15) is 0 Å². The molecular formula is C38H14Cl16N+. The van der Waals surface area contributed by atoms with Crippen LogP contribution in [0.1, 0.15) is 27.8 Å². The number of nitrogens with one attached hydrogen (secondary N) is 1. The van der Waals surface area contributed by atoms with Crippen LogP contribution in [-0.4, -0.2) is 5.38 Å². The molecule has 1 aliphatic carbocycles. The molecule has 1 aliphatic rings. The van der Waals surface area contributed by atoms with Crippen molar-refractivity contribution in [2.24, 2.45) is 0 Å². The molecule has 6 rings (SSSR count). The fourth-order valence-corrected chi connectivity index (χ4v) is 11.3. The summed E-state index contributed by atoms with van der Waals surface area (Å²) in [4.78, 5) is 0. The van der Waals surface area contributed by atoms with Crippen LogP contribution in [0.2, 0.25) is 65.3 Å². The van der Waals surface area contributed by atoms with Gasteiger partial charge >= 0.3 is 0 Å². The van der Waals surface area contributed by atoms with Gasteiger partial charge in [0.05, 0.1) is 93.9 Å². The minimum atomic E-state index is -0.572. The van der Waals surface area contributed by atoms with E-state index in [1.54, 1.807) is 36.4 Å². The lowest BCUT2D eigenvalue weighted by Crippen LogP contribution is -2.10. The first-order valence-electron chi connectivity index (χ1n) is 15.1. The van der Waals surface area contributed by atoms with Gasteiger partial charge in [-0.3, -0.25) is 0 Å². The Morgan fingerprint density at radius 3 is 1.02 bits per heavy atom. The van der Waals surface area contributed by atoms with Crippen molar-refractivity contribution in [2.45, 2.75) is 5.38 Å². The second-order valence-electron chi connectivity index (χ2n) is 11.6. The highest BCUT2D eigenvalue weighted by Gasteiger charge is 2.37. The maximum absolute atomic E-state index is 7.03. The van der Waals surface area contributed by atoms with Gasteiger partial charge in [-0.05, 0) is 106 Å². The first-order valence-corrected chi connectivity index (χ1v) is 21.2. The van der Waals surface area contributed by atoms with Crippen molar-refractivity contribution >= 4 is 203 Å². The van der Waals surface area contributed by atoms with Crippen molar-refractivity contribution in [1.29, 1.82) is 0 Å². The number of rotatable bonds is 7. The lowest BCUT2D eigenvalue weighted by atomic mass is 9.84. The van der Waals surface area contributed by atoms with Gasteiger partial charge in [-0.2, -0.15) is 0 Å². The molecule has 0 fully saturated rings. The third-order valence-corrected chi connectivity index (χ3v) is 12.5. The second-order valence-corrected chi connectivity index (χ2v) is 18.3. The highest BCUT2D eigenvalue weighted by Crippen LogP contribution is 2.52. The van der Waals surface area contributed by atoms with Crippen LogP contribution in [0.5, 0.6) is 0 Å². The monoisotopic (exact) mass is 1040 g/mol. The third-order valence-electron chi connectivity index (χ3n) is 7.98. The van der Waals surface area contributed by atoms with E-state index in [9.17, 15) is 0 Å². The third kappa shape index (κ3) is 9.35. The van der Waals surface area contributed by atoms with Gasteiger partial charge in [-0.25, -0.2) is 0 Å². The summed E-state index contributed by atoms with van der Waals surface area (Å²) in [7, 11) is 0. The molecule has 0 saturated carbocycles. The molecule has 0 heterocycles. The van der Waals surface area contributed by atoms with Gasteiger partial charge in [-0.15, -0.1) is 11.6 Å². The molecule has 5 aromatic rings. The first kappa shape index (κ1) is 44.2. The SMILES string of the molecule is ClC1=CC(Cl)C=C(Cl)C1=C(c1c(Cl)cc(Cl)cc1Cl)c1c(Cl)cc(Nc2cc(Cl)c([C+](c3c(Cl)cc(Cl)cc3Cl)c3c(Cl)cc(Cl)cc3Cl)c(Cl)c2)cc1Cl. The molecule has 0 spiro atoms. The van der Waals surface area contributed by atoms with E-state index < -0.39 is 5.38 Å². The molecule has 0 amide bonds. The number of halogens is 16. The van der Waals surface area contributed by atoms with Gasteiger partial charge in [-0.1, -0.05) is 104 Å². The van der Waals surface area contributed by atoms with Crippen molar-refractivity contribution in [3.05, 3.63) is 187 Å². The molecule has 0 radical (unpaired) electrons. The molecule has 0 unspecified atom stereocenters. The fourth-order valence-electron chi connectivity index (χ4n) is 5.88. The maximum atomic E-state index is 7.03. The first-order chi connectivity index (χ1) is 25.9. The van der Waals surface area contributed by atoms with E-state index in [-0.39, 0.29) is 60.3 Å². The molecule has 0 atom stereocenters. The smallest absolute Gasteiger partial charge is 0.0976 e. The lowest BCUT2D eigenvalue weighted by molar-refractivity contribution is 1.23. The number of allylic oxidation sites excluding steroid dienone is 5. The predicted octanol–water partition coefficient (Wildman–Crippen LogP) is 19.6. The Labute approximate surface area is 396 Å². The van der Waals surface area contributed by atoms with E-state index in [0.717, 1.165) is 0 Å². The largest absolute Gasteiger partial charge is 0.355 e. The zero-order valence-corrected chi connectivity index (χ0v) is 38.6. The molecule has 0 bridgehead atoms. The van der Waals surface area contributed by atoms with Crippen LogP contribution in [0.15, 0.2) is 88.5 Å². The highest BCUT2D eigenvalue weighted by atomic mass is 35.5. The number of hydrogen-bond acceptors (Lipinski definition) is 1. The summed E-state index contributed by atoms with van der Waals surface area (Å²) >= 11 is 107. The van der Waals surface area contributed by atoms with Crippen LogP contribution in [0, 0.1) is 5.92 Å². The quantitative estimate of drug-likeness (QED) is 0.0973. The Kier molecular flexibility index (Phi) is 14.5.